The molecule has 31 heavy (non-hydrogen) atoms. The first-order chi connectivity index (χ1) is 14.8. The van der Waals surface area contributed by atoms with Gasteiger partial charge in [0.15, 0.2) is 0 Å². The summed E-state index contributed by atoms with van der Waals surface area (Å²) >= 11 is 0. The SMILES string of the molecule is Cc1ccc2c(c1)C(C)(C)c1cc3c(cc1-2)C(C)(C)c1c(-c2ccccc2)cccc1-3. The summed E-state index contributed by atoms with van der Waals surface area (Å²) in [6.07, 6.45) is 0. The van der Waals surface area contributed by atoms with Crippen LogP contribution in [0.2, 0.25) is 0 Å². The summed E-state index contributed by atoms with van der Waals surface area (Å²) in [6, 6.07) is 29.6. The minimum absolute atomic E-state index is 0.0235. The van der Waals surface area contributed by atoms with Crippen LogP contribution >= 0.6 is 0 Å². The molecule has 0 unspecified atom stereocenters. The number of hydrogen-bond acceptors (Lipinski definition) is 0. The van der Waals surface area contributed by atoms with Gasteiger partial charge in [0.1, 0.15) is 0 Å². The Kier molecular flexibility index (Phi) is 3.59. The molecule has 2 aliphatic rings. The van der Waals surface area contributed by atoms with E-state index in [4.69, 9.17) is 0 Å². The van der Waals surface area contributed by atoms with Crippen LogP contribution in [0.3, 0.4) is 0 Å². The van der Waals surface area contributed by atoms with Crippen LogP contribution in [0.5, 0.6) is 0 Å². The molecule has 0 nitrogen and oxygen atoms in total. The highest BCUT2D eigenvalue weighted by molar-refractivity contribution is 5.92. The Hall–Kier alpha value is -3.12. The predicted octanol–water partition coefficient (Wildman–Crippen LogP) is 8.27. The van der Waals surface area contributed by atoms with Gasteiger partial charge in [-0.05, 0) is 74.7 Å². The maximum absolute atomic E-state index is 2.50. The van der Waals surface area contributed by atoms with Gasteiger partial charge >= 0.3 is 0 Å². The Labute approximate surface area is 185 Å². The largest absolute Gasteiger partial charge is 0.0622 e. The van der Waals surface area contributed by atoms with Crippen molar-refractivity contribution in [3.05, 3.63) is 107 Å². The molecular formula is C31H28. The van der Waals surface area contributed by atoms with E-state index in [9.17, 15) is 0 Å². The van der Waals surface area contributed by atoms with Crippen LogP contribution in [-0.2, 0) is 10.8 Å². The van der Waals surface area contributed by atoms with Crippen molar-refractivity contribution in [3.8, 4) is 33.4 Å². The average Bonchev–Trinajstić information content (AvgIpc) is 3.13. The van der Waals surface area contributed by atoms with Crippen LogP contribution in [0.25, 0.3) is 33.4 Å². The van der Waals surface area contributed by atoms with E-state index in [0.717, 1.165) is 0 Å². The van der Waals surface area contributed by atoms with Crippen molar-refractivity contribution in [2.45, 2.75) is 45.4 Å². The van der Waals surface area contributed by atoms with Crippen molar-refractivity contribution in [2.75, 3.05) is 0 Å². The summed E-state index contributed by atoms with van der Waals surface area (Å²) in [5.74, 6) is 0. The monoisotopic (exact) mass is 400 g/mol. The number of hydrogen-bond donors (Lipinski definition) is 0. The molecule has 4 aromatic carbocycles. The molecule has 6 rings (SSSR count). The molecule has 0 aromatic heterocycles. The van der Waals surface area contributed by atoms with E-state index in [-0.39, 0.29) is 10.8 Å². The summed E-state index contributed by atoms with van der Waals surface area (Å²) in [7, 11) is 0. The summed E-state index contributed by atoms with van der Waals surface area (Å²) in [4.78, 5) is 0. The van der Waals surface area contributed by atoms with E-state index in [2.05, 4.69) is 113 Å². The van der Waals surface area contributed by atoms with E-state index < -0.39 is 0 Å². The molecule has 0 spiro atoms. The first-order valence-corrected chi connectivity index (χ1v) is 11.3. The number of fused-ring (bicyclic) bond motifs is 6. The predicted molar refractivity (Wildman–Crippen MR) is 132 cm³/mol. The lowest BCUT2D eigenvalue weighted by atomic mass is 9.77. The van der Waals surface area contributed by atoms with Gasteiger partial charge in [0.25, 0.3) is 0 Å². The van der Waals surface area contributed by atoms with Crippen LogP contribution in [0, 0.1) is 6.92 Å². The third-order valence-corrected chi connectivity index (χ3v) is 7.71. The molecule has 4 aromatic rings. The second-order valence-corrected chi connectivity index (χ2v) is 10.3. The normalized spacial score (nSPS) is 16.4. The Morgan fingerprint density at radius 3 is 1.84 bits per heavy atom. The molecule has 0 saturated carbocycles. The first kappa shape index (κ1) is 18.6. The first-order valence-electron chi connectivity index (χ1n) is 11.3. The van der Waals surface area contributed by atoms with Crippen molar-refractivity contribution in [1.82, 2.24) is 0 Å². The molecule has 152 valence electrons. The van der Waals surface area contributed by atoms with Gasteiger partial charge in [-0.25, -0.2) is 0 Å². The topological polar surface area (TPSA) is 0 Å². The molecule has 0 amide bonds. The van der Waals surface area contributed by atoms with Gasteiger partial charge in [0, 0.05) is 10.8 Å². The lowest BCUT2D eigenvalue weighted by Gasteiger charge is -2.25. The van der Waals surface area contributed by atoms with Gasteiger partial charge in [0.05, 0.1) is 0 Å². The van der Waals surface area contributed by atoms with E-state index in [1.165, 1.54) is 61.2 Å². The molecule has 0 radical (unpaired) electrons. The second-order valence-electron chi connectivity index (χ2n) is 10.3. The highest BCUT2D eigenvalue weighted by Gasteiger charge is 2.42. The summed E-state index contributed by atoms with van der Waals surface area (Å²) in [6.45, 7) is 11.7. The molecule has 2 aliphatic carbocycles. The van der Waals surface area contributed by atoms with Gasteiger partial charge in [-0.3, -0.25) is 0 Å². The lowest BCUT2D eigenvalue weighted by Crippen LogP contribution is -2.17. The van der Waals surface area contributed by atoms with Gasteiger partial charge in [-0.2, -0.15) is 0 Å². The molecule has 0 heteroatoms. The molecular weight excluding hydrogens is 372 g/mol. The van der Waals surface area contributed by atoms with E-state index in [1.807, 2.05) is 0 Å². The highest BCUT2D eigenvalue weighted by Crippen LogP contribution is 2.57. The Morgan fingerprint density at radius 2 is 1.10 bits per heavy atom. The molecule has 0 fully saturated rings. The smallest absolute Gasteiger partial charge is 0.0165 e. The third-order valence-electron chi connectivity index (χ3n) is 7.71. The Bertz CT molecular complexity index is 1370. The highest BCUT2D eigenvalue weighted by atomic mass is 14.4. The maximum atomic E-state index is 2.50. The zero-order chi connectivity index (χ0) is 21.5. The van der Waals surface area contributed by atoms with Gasteiger partial charge in [0.2, 0.25) is 0 Å². The number of rotatable bonds is 1. The van der Waals surface area contributed by atoms with Crippen molar-refractivity contribution >= 4 is 0 Å². The van der Waals surface area contributed by atoms with Crippen LogP contribution in [0.15, 0.2) is 78.9 Å². The second kappa shape index (κ2) is 5.98. The fraction of sp³-hybridized carbons (Fsp3) is 0.226. The molecule has 0 N–H and O–H groups in total. The van der Waals surface area contributed by atoms with Gasteiger partial charge < -0.3 is 0 Å². The van der Waals surface area contributed by atoms with Crippen molar-refractivity contribution in [2.24, 2.45) is 0 Å². The van der Waals surface area contributed by atoms with Crippen molar-refractivity contribution in [3.63, 3.8) is 0 Å². The lowest BCUT2D eigenvalue weighted by molar-refractivity contribution is 0.652. The average molecular weight is 401 g/mol. The molecule has 0 saturated heterocycles. The fourth-order valence-electron chi connectivity index (χ4n) is 6.08. The quantitative estimate of drug-likeness (QED) is 0.301. The molecule has 0 aliphatic heterocycles. The van der Waals surface area contributed by atoms with Crippen LogP contribution in [-0.4, -0.2) is 0 Å². The number of aryl methyl sites for hydroxylation is 1. The standard InChI is InChI=1S/C31H28/c1-19-14-15-22-24-17-28-25(18-27(24)30(2,3)26(22)16-19)23-13-9-12-21(29(23)31(28,4)5)20-10-7-6-8-11-20/h6-18H,1-5H3. The summed E-state index contributed by atoms with van der Waals surface area (Å²) < 4.78 is 0. The van der Waals surface area contributed by atoms with E-state index in [1.54, 1.807) is 0 Å². The van der Waals surface area contributed by atoms with Gasteiger partial charge in [-0.1, -0.05) is 100.0 Å². The molecule has 0 heterocycles. The van der Waals surface area contributed by atoms with Crippen LogP contribution < -0.4 is 0 Å². The van der Waals surface area contributed by atoms with Gasteiger partial charge in [-0.15, -0.1) is 0 Å². The third kappa shape index (κ3) is 2.36. The Balaban J connectivity index is 1.64. The zero-order valence-corrected chi connectivity index (χ0v) is 19.0. The van der Waals surface area contributed by atoms with Crippen LogP contribution in [0.4, 0.5) is 0 Å². The molecule has 0 atom stereocenters. The molecule has 0 bridgehead atoms. The van der Waals surface area contributed by atoms with Crippen molar-refractivity contribution in [1.29, 1.82) is 0 Å². The number of benzene rings is 4. The summed E-state index contributed by atoms with van der Waals surface area (Å²) in [5.41, 5.74) is 15.4. The fourth-order valence-corrected chi connectivity index (χ4v) is 6.08. The maximum Gasteiger partial charge on any atom is 0.0165 e. The van der Waals surface area contributed by atoms with E-state index in [0.29, 0.717) is 0 Å². The minimum Gasteiger partial charge on any atom is -0.0622 e. The summed E-state index contributed by atoms with van der Waals surface area (Å²) in [5, 5.41) is 0. The van der Waals surface area contributed by atoms with Crippen LogP contribution in [0.1, 0.15) is 55.5 Å². The Morgan fingerprint density at radius 1 is 0.484 bits per heavy atom. The zero-order valence-electron chi connectivity index (χ0n) is 19.0. The minimum atomic E-state index is -0.0380. The van der Waals surface area contributed by atoms with Crippen molar-refractivity contribution < 1.29 is 0 Å². The van der Waals surface area contributed by atoms with E-state index >= 15 is 0 Å².